The molecule has 0 aliphatic carbocycles. The molecule has 1 aliphatic heterocycles. The molecule has 0 aromatic carbocycles. The fourth-order valence-electron chi connectivity index (χ4n) is 1.15. The molecular formula is C9H14N2O2. The molecule has 0 atom stereocenters. The molecule has 2 amide bonds. The first-order chi connectivity index (χ1) is 6.19. The van der Waals surface area contributed by atoms with Crippen molar-refractivity contribution in [3.8, 4) is 0 Å². The first kappa shape index (κ1) is 9.77. The average Bonchev–Trinajstić information content (AvgIpc) is 2.64. The predicted molar refractivity (Wildman–Crippen MR) is 48.3 cm³/mol. The number of rotatable bonds is 2. The molecule has 72 valence electrons. The van der Waals surface area contributed by atoms with E-state index in [1.807, 2.05) is 0 Å². The van der Waals surface area contributed by atoms with Gasteiger partial charge in [0, 0.05) is 25.2 Å². The third kappa shape index (κ3) is 2.08. The number of carbonyl (C=O) groups excluding carboxylic acids is 2. The Morgan fingerprint density at radius 1 is 1.08 bits per heavy atom. The minimum atomic E-state index is 0.0441. The maximum atomic E-state index is 11.2. The molecule has 0 saturated carbocycles. The van der Waals surface area contributed by atoms with Gasteiger partial charge in [0.25, 0.3) is 0 Å². The van der Waals surface area contributed by atoms with Crippen LogP contribution < -0.4 is 0 Å². The zero-order valence-electron chi connectivity index (χ0n) is 7.99. The highest BCUT2D eigenvalue weighted by Crippen LogP contribution is 2.09. The van der Waals surface area contributed by atoms with Gasteiger partial charge in [-0.1, -0.05) is 13.8 Å². The van der Waals surface area contributed by atoms with E-state index in [-0.39, 0.29) is 11.8 Å². The molecule has 1 aliphatic rings. The Balaban J connectivity index is 2.51. The average molecular weight is 182 g/mol. The van der Waals surface area contributed by atoms with Gasteiger partial charge in [-0.3, -0.25) is 19.4 Å². The third-order valence-electron chi connectivity index (χ3n) is 1.98. The molecule has 0 bridgehead atoms. The molecule has 13 heavy (non-hydrogen) atoms. The number of hydrogen-bond acceptors (Lipinski definition) is 2. The summed E-state index contributed by atoms with van der Waals surface area (Å²) in [4.78, 5) is 25.5. The van der Waals surface area contributed by atoms with E-state index in [0.717, 1.165) is 0 Å². The number of carbonyl (C=O) groups is 2. The standard InChI is InChI=1S/C9H14N2O2/c1-3-8(12)10-5-6-11(7-10)9(13)4-2/h5-6H,3-4,7H2,1-2H3. The third-order valence-corrected chi connectivity index (χ3v) is 1.98. The van der Waals surface area contributed by atoms with E-state index >= 15 is 0 Å². The number of nitrogens with zero attached hydrogens (tertiary/aromatic N) is 2. The van der Waals surface area contributed by atoms with Gasteiger partial charge in [-0.25, -0.2) is 0 Å². The quantitative estimate of drug-likeness (QED) is 0.636. The Morgan fingerprint density at radius 3 is 1.77 bits per heavy atom. The molecule has 1 rings (SSSR count). The van der Waals surface area contributed by atoms with Gasteiger partial charge in [-0.2, -0.15) is 0 Å². The molecule has 0 unspecified atom stereocenters. The highest BCUT2D eigenvalue weighted by Gasteiger charge is 2.20. The zero-order chi connectivity index (χ0) is 9.84. The molecule has 0 fully saturated rings. The van der Waals surface area contributed by atoms with Crippen LogP contribution in [0.5, 0.6) is 0 Å². The molecule has 0 saturated heterocycles. The molecule has 0 aromatic heterocycles. The molecule has 0 radical (unpaired) electrons. The Labute approximate surface area is 77.8 Å². The summed E-state index contributed by atoms with van der Waals surface area (Å²) in [5.74, 6) is 0.0882. The number of amides is 2. The lowest BCUT2D eigenvalue weighted by Gasteiger charge is -2.17. The zero-order valence-corrected chi connectivity index (χ0v) is 7.99. The maximum absolute atomic E-state index is 11.2. The van der Waals surface area contributed by atoms with Gasteiger partial charge < -0.3 is 0 Å². The van der Waals surface area contributed by atoms with Crippen LogP contribution in [0.25, 0.3) is 0 Å². The topological polar surface area (TPSA) is 40.6 Å². The molecule has 0 spiro atoms. The lowest BCUT2D eigenvalue weighted by atomic mass is 10.4. The van der Waals surface area contributed by atoms with E-state index in [9.17, 15) is 9.59 Å². The van der Waals surface area contributed by atoms with Crippen molar-refractivity contribution in [2.75, 3.05) is 6.67 Å². The summed E-state index contributed by atoms with van der Waals surface area (Å²) in [6.07, 6.45) is 4.25. The Morgan fingerprint density at radius 2 is 1.46 bits per heavy atom. The SMILES string of the molecule is CCC(=O)N1C=CN(C(=O)CC)C1. The van der Waals surface area contributed by atoms with Crippen molar-refractivity contribution in [3.05, 3.63) is 12.4 Å². The largest absolute Gasteiger partial charge is 0.299 e. The maximum Gasteiger partial charge on any atom is 0.227 e. The van der Waals surface area contributed by atoms with Crippen LogP contribution in [0, 0.1) is 0 Å². The summed E-state index contributed by atoms with van der Waals surface area (Å²) in [6, 6.07) is 0. The molecule has 0 N–H and O–H groups in total. The Hall–Kier alpha value is -1.32. The van der Waals surface area contributed by atoms with E-state index < -0.39 is 0 Å². The van der Waals surface area contributed by atoms with E-state index in [1.165, 1.54) is 0 Å². The normalized spacial score (nSPS) is 15.2. The molecule has 4 nitrogen and oxygen atoms in total. The van der Waals surface area contributed by atoms with Crippen LogP contribution in [0.3, 0.4) is 0 Å². The number of hydrogen-bond donors (Lipinski definition) is 0. The second-order valence-corrected chi connectivity index (χ2v) is 2.87. The van der Waals surface area contributed by atoms with Crippen molar-refractivity contribution in [2.24, 2.45) is 0 Å². The van der Waals surface area contributed by atoms with Crippen LogP contribution >= 0.6 is 0 Å². The first-order valence-corrected chi connectivity index (χ1v) is 4.46. The highest BCUT2D eigenvalue weighted by molar-refractivity contribution is 5.81. The van der Waals surface area contributed by atoms with E-state index in [0.29, 0.717) is 19.5 Å². The van der Waals surface area contributed by atoms with E-state index in [2.05, 4.69) is 0 Å². The molecule has 1 heterocycles. The van der Waals surface area contributed by atoms with Crippen molar-refractivity contribution < 1.29 is 9.59 Å². The van der Waals surface area contributed by atoms with Crippen molar-refractivity contribution in [1.29, 1.82) is 0 Å². The van der Waals surface area contributed by atoms with Gasteiger partial charge in [-0.05, 0) is 0 Å². The smallest absolute Gasteiger partial charge is 0.227 e. The molecule has 4 heteroatoms. The van der Waals surface area contributed by atoms with Crippen molar-refractivity contribution >= 4 is 11.8 Å². The predicted octanol–water partition coefficient (Wildman–Crippen LogP) is 0.906. The highest BCUT2D eigenvalue weighted by atomic mass is 16.2. The van der Waals surface area contributed by atoms with E-state index in [4.69, 9.17) is 0 Å². The summed E-state index contributed by atoms with van der Waals surface area (Å²) >= 11 is 0. The van der Waals surface area contributed by atoms with Crippen LogP contribution in [0.4, 0.5) is 0 Å². The monoisotopic (exact) mass is 182 g/mol. The second-order valence-electron chi connectivity index (χ2n) is 2.87. The summed E-state index contributed by atoms with van der Waals surface area (Å²) in [7, 11) is 0. The van der Waals surface area contributed by atoms with Gasteiger partial charge in [0.1, 0.15) is 6.67 Å². The van der Waals surface area contributed by atoms with E-state index in [1.54, 1.807) is 36.0 Å². The van der Waals surface area contributed by atoms with Crippen LogP contribution in [0.15, 0.2) is 12.4 Å². The van der Waals surface area contributed by atoms with Gasteiger partial charge in [0.05, 0.1) is 0 Å². The fourth-order valence-corrected chi connectivity index (χ4v) is 1.15. The van der Waals surface area contributed by atoms with Crippen molar-refractivity contribution in [2.45, 2.75) is 26.7 Å². The van der Waals surface area contributed by atoms with Crippen molar-refractivity contribution in [3.63, 3.8) is 0 Å². The summed E-state index contributed by atoms with van der Waals surface area (Å²) < 4.78 is 0. The molecular weight excluding hydrogens is 168 g/mol. The van der Waals surface area contributed by atoms with Gasteiger partial charge in [-0.15, -0.1) is 0 Å². The van der Waals surface area contributed by atoms with Gasteiger partial charge >= 0.3 is 0 Å². The minimum absolute atomic E-state index is 0.0441. The first-order valence-electron chi connectivity index (χ1n) is 4.46. The fraction of sp³-hybridized carbons (Fsp3) is 0.556. The van der Waals surface area contributed by atoms with Gasteiger partial charge in [0.15, 0.2) is 0 Å². The summed E-state index contributed by atoms with van der Waals surface area (Å²) in [5.41, 5.74) is 0. The van der Waals surface area contributed by atoms with Crippen LogP contribution in [0.1, 0.15) is 26.7 Å². The van der Waals surface area contributed by atoms with Crippen molar-refractivity contribution in [1.82, 2.24) is 9.80 Å². The minimum Gasteiger partial charge on any atom is -0.299 e. The van der Waals surface area contributed by atoms with Crippen LogP contribution in [-0.4, -0.2) is 28.3 Å². The summed E-state index contributed by atoms with van der Waals surface area (Å²) in [5, 5.41) is 0. The Kier molecular flexibility index (Phi) is 3.06. The van der Waals surface area contributed by atoms with Gasteiger partial charge in [0.2, 0.25) is 11.8 Å². The second kappa shape index (κ2) is 4.07. The lowest BCUT2D eigenvalue weighted by molar-refractivity contribution is -0.132. The van der Waals surface area contributed by atoms with Crippen LogP contribution in [0.2, 0.25) is 0 Å². The lowest BCUT2D eigenvalue weighted by Crippen LogP contribution is -2.32. The van der Waals surface area contributed by atoms with Crippen LogP contribution in [-0.2, 0) is 9.59 Å². The molecule has 0 aromatic rings. The Bertz CT molecular complexity index is 224. The summed E-state index contributed by atoms with van der Waals surface area (Å²) in [6.45, 7) is 3.99.